The van der Waals surface area contributed by atoms with Crippen molar-refractivity contribution >= 4 is 10.0 Å². The summed E-state index contributed by atoms with van der Waals surface area (Å²) in [6.45, 7) is 2.75. The van der Waals surface area contributed by atoms with Gasteiger partial charge in [-0.25, -0.2) is 13.2 Å². The summed E-state index contributed by atoms with van der Waals surface area (Å²) in [5.41, 5.74) is -0.300. The Hall–Kier alpha value is -2.74. The molecule has 10 heteroatoms. The number of aromatic nitrogens is 2. The van der Waals surface area contributed by atoms with Gasteiger partial charge in [0.15, 0.2) is 0 Å². The zero-order valence-electron chi connectivity index (χ0n) is 16.6. The second-order valence-corrected chi connectivity index (χ2v) is 9.45. The fourth-order valence-electron chi connectivity index (χ4n) is 3.72. The smallest absolute Gasteiger partial charge is 0.331 e. The third-order valence-electron chi connectivity index (χ3n) is 5.49. The molecule has 0 amide bonds. The number of sulfonamides is 1. The van der Waals surface area contributed by atoms with Gasteiger partial charge in [0.25, 0.3) is 5.56 Å². The van der Waals surface area contributed by atoms with E-state index in [9.17, 15) is 23.3 Å². The number of rotatable bonds is 5. The maximum atomic E-state index is 13.0. The van der Waals surface area contributed by atoms with E-state index in [2.05, 4.69) is 0 Å². The highest BCUT2D eigenvalue weighted by atomic mass is 32.2. The summed E-state index contributed by atoms with van der Waals surface area (Å²) in [6.07, 6.45) is 1.66. The van der Waals surface area contributed by atoms with Crippen LogP contribution in [0.15, 0.2) is 38.8 Å². The Morgan fingerprint density at radius 2 is 1.90 bits per heavy atom. The Bertz CT molecular complexity index is 1250. The lowest BCUT2D eigenvalue weighted by molar-refractivity contribution is 0.0730. The maximum Gasteiger partial charge on any atom is 0.331 e. The Balaban J connectivity index is 1.74. The summed E-state index contributed by atoms with van der Waals surface area (Å²) in [7, 11) is -3.70. The van der Waals surface area contributed by atoms with Crippen LogP contribution in [0.25, 0.3) is 0 Å². The Kier molecular flexibility index (Phi) is 5.36. The van der Waals surface area contributed by atoms with Gasteiger partial charge in [0.1, 0.15) is 11.6 Å². The molecule has 1 saturated heterocycles. The van der Waals surface area contributed by atoms with Crippen LogP contribution in [-0.4, -0.2) is 48.2 Å². The number of hydrogen-bond acceptors (Lipinski definition) is 6. The Morgan fingerprint density at radius 3 is 2.53 bits per heavy atom. The van der Waals surface area contributed by atoms with E-state index in [1.165, 1.54) is 21.0 Å². The van der Waals surface area contributed by atoms with Crippen molar-refractivity contribution in [2.75, 3.05) is 26.3 Å². The lowest BCUT2D eigenvalue weighted by Gasteiger charge is -2.26. The highest BCUT2D eigenvalue weighted by Crippen LogP contribution is 2.34. The molecule has 0 unspecified atom stereocenters. The van der Waals surface area contributed by atoms with Crippen molar-refractivity contribution in [3.05, 3.63) is 61.9 Å². The second kappa shape index (κ2) is 7.83. The first-order valence-electron chi connectivity index (χ1n) is 9.77. The summed E-state index contributed by atoms with van der Waals surface area (Å²) in [5.74, 6) is 0. The molecule has 0 bridgehead atoms. The van der Waals surface area contributed by atoms with E-state index in [4.69, 9.17) is 4.74 Å². The zero-order chi connectivity index (χ0) is 21.5. The molecule has 2 aromatic rings. The molecule has 4 rings (SSSR count). The van der Waals surface area contributed by atoms with Crippen molar-refractivity contribution in [2.24, 2.45) is 0 Å². The fourth-order valence-corrected chi connectivity index (χ4v) is 5.20. The van der Waals surface area contributed by atoms with Gasteiger partial charge in [-0.05, 0) is 37.5 Å². The number of morpholine rings is 1. The SMILES string of the molecule is Cc1c(C#N)c(=O)n(Cc2cccc(S(=O)(=O)N3CCOCC3)c2)c(=O)n1C1CC1. The summed E-state index contributed by atoms with van der Waals surface area (Å²) in [4.78, 5) is 25.8. The van der Waals surface area contributed by atoms with Crippen molar-refractivity contribution in [3.8, 4) is 6.07 Å². The Morgan fingerprint density at radius 1 is 1.20 bits per heavy atom. The summed E-state index contributed by atoms with van der Waals surface area (Å²) >= 11 is 0. The van der Waals surface area contributed by atoms with Crippen molar-refractivity contribution < 1.29 is 13.2 Å². The molecule has 2 heterocycles. The Labute approximate surface area is 173 Å². The van der Waals surface area contributed by atoms with E-state index in [1.54, 1.807) is 19.1 Å². The van der Waals surface area contributed by atoms with Gasteiger partial charge in [-0.15, -0.1) is 0 Å². The molecule has 1 aromatic heterocycles. The first-order chi connectivity index (χ1) is 14.3. The minimum Gasteiger partial charge on any atom is -0.379 e. The third-order valence-corrected chi connectivity index (χ3v) is 7.38. The van der Waals surface area contributed by atoms with Crippen molar-refractivity contribution in [1.82, 2.24) is 13.4 Å². The summed E-state index contributed by atoms with van der Waals surface area (Å²) in [5, 5.41) is 9.43. The monoisotopic (exact) mass is 430 g/mol. The first-order valence-corrected chi connectivity index (χ1v) is 11.2. The lowest BCUT2D eigenvalue weighted by atomic mass is 10.2. The van der Waals surface area contributed by atoms with Gasteiger partial charge < -0.3 is 4.74 Å². The van der Waals surface area contributed by atoms with Crippen LogP contribution in [0.2, 0.25) is 0 Å². The molecule has 1 saturated carbocycles. The van der Waals surface area contributed by atoms with E-state index in [1.807, 2.05) is 6.07 Å². The van der Waals surface area contributed by atoms with Crippen molar-refractivity contribution in [2.45, 2.75) is 37.2 Å². The van der Waals surface area contributed by atoms with Gasteiger partial charge in [-0.3, -0.25) is 13.9 Å². The van der Waals surface area contributed by atoms with Gasteiger partial charge in [0.05, 0.1) is 24.7 Å². The number of benzene rings is 1. The van der Waals surface area contributed by atoms with Gasteiger partial charge in [-0.2, -0.15) is 9.57 Å². The molecule has 2 aliphatic rings. The van der Waals surface area contributed by atoms with Crippen LogP contribution in [0.1, 0.15) is 35.7 Å². The molecular weight excluding hydrogens is 408 g/mol. The van der Waals surface area contributed by atoms with Crippen LogP contribution in [-0.2, 0) is 21.3 Å². The normalized spacial score (nSPS) is 17.6. The molecule has 1 aromatic carbocycles. The average molecular weight is 430 g/mol. The third kappa shape index (κ3) is 3.60. The molecule has 158 valence electrons. The highest BCUT2D eigenvalue weighted by Gasteiger charge is 2.30. The second-order valence-electron chi connectivity index (χ2n) is 7.51. The number of hydrogen-bond donors (Lipinski definition) is 0. The molecule has 0 spiro atoms. The summed E-state index contributed by atoms with van der Waals surface area (Å²) < 4.78 is 34.9. The fraction of sp³-hybridized carbons (Fsp3) is 0.450. The van der Waals surface area contributed by atoms with Gasteiger partial charge >= 0.3 is 5.69 Å². The molecule has 30 heavy (non-hydrogen) atoms. The molecule has 1 aliphatic carbocycles. The topological polar surface area (TPSA) is 114 Å². The predicted molar refractivity (Wildman–Crippen MR) is 108 cm³/mol. The van der Waals surface area contributed by atoms with Crippen LogP contribution in [0, 0.1) is 18.3 Å². The quantitative estimate of drug-likeness (QED) is 0.686. The molecule has 0 N–H and O–H groups in total. The molecule has 0 atom stereocenters. The number of ether oxygens (including phenoxy) is 1. The van der Waals surface area contributed by atoms with Crippen LogP contribution in [0.5, 0.6) is 0 Å². The predicted octanol–water partition coefficient (Wildman–Crippen LogP) is 0.594. The largest absolute Gasteiger partial charge is 0.379 e. The van der Waals surface area contributed by atoms with E-state index in [-0.39, 0.29) is 36.1 Å². The van der Waals surface area contributed by atoms with Gasteiger partial charge in [0, 0.05) is 24.8 Å². The van der Waals surface area contributed by atoms with Crippen LogP contribution in [0.4, 0.5) is 0 Å². The molecular formula is C20H22N4O5S. The van der Waals surface area contributed by atoms with Gasteiger partial charge in [0.2, 0.25) is 10.0 Å². The van der Waals surface area contributed by atoms with Gasteiger partial charge in [-0.1, -0.05) is 12.1 Å². The molecule has 0 radical (unpaired) electrons. The first kappa shape index (κ1) is 20.5. The maximum absolute atomic E-state index is 13.0. The average Bonchev–Trinajstić information content (AvgIpc) is 3.57. The minimum atomic E-state index is -3.70. The van der Waals surface area contributed by atoms with E-state index in [0.29, 0.717) is 24.5 Å². The van der Waals surface area contributed by atoms with Crippen LogP contribution in [0.3, 0.4) is 0 Å². The number of nitrogens with zero attached hydrogens (tertiary/aromatic N) is 4. The van der Waals surface area contributed by atoms with Crippen LogP contribution >= 0.6 is 0 Å². The lowest BCUT2D eigenvalue weighted by Crippen LogP contribution is -2.42. The van der Waals surface area contributed by atoms with E-state index >= 15 is 0 Å². The summed E-state index contributed by atoms with van der Waals surface area (Å²) in [6, 6.07) is 8.14. The van der Waals surface area contributed by atoms with Crippen molar-refractivity contribution in [3.63, 3.8) is 0 Å². The standard InChI is InChI=1S/C20H22N4O5S/c1-14-18(12-21)19(25)23(20(26)24(14)16-5-6-16)13-15-3-2-4-17(11-15)30(27,28)22-7-9-29-10-8-22/h2-4,11,16H,5-10,13H2,1H3. The van der Waals surface area contributed by atoms with Crippen molar-refractivity contribution in [1.29, 1.82) is 5.26 Å². The molecule has 2 fully saturated rings. The minimum absolute atomic E-state index is 0.00415. The molecule has 1 aliphatic heterocycles. The zero-order valence-corrected chi connectivity index (χ0v) is 17.4. The van der Waals surface area contributed by atoms with E-state index in [0.717, 1.165) is 17.4 Å². The number of nitriles is 1. The van der Waals surface area contributed by atoms with Crippen LogP contribution < -0.4 is 11.2 Å². The highest BCUT2D eigenvalue weighted by molar-refractivity contribution is 7.89. The van der Waals surface area contributed by atoms with E-state index < -0.39 is 21.3 Å². The molecule has 9 nitrogen and oxygen atoms in total.